The second-order valence-corrected chi connectivity index (χ2v) is 6.01. The Morgan fingerprint density at radius 2 is 2.22 bits per heavy atom. The van der Waals surface area contributed by atoms with Gasteiger partial charge in [0.1, 0.15) is 17.1 Å². The van der Waals surface area contributed by atoms with Gasteiger partial charge in [-0.05, 0) is 24.5 Å². The van der Waals surface area contributed by atoms with E-state index in [0.717, 1.165) is 16.5 Å². The Hall–Kier alpha value is -2.47. The molecule has 1 aromatic carbocycles. The molecule has 0 fully saturated rings. The zero-order valence-electron chi connectivity index (χ0n) is 12.4. The molecule has 5 rings (SSSR count). The first kappa shape index (κ1) is 13.0. The molecule has 1 aliphatic carbocycles. The van der Waals surface area contributed by atoms with E-state index >= 15 is 0 Å². The molecular weight excluding hydrogens is 300 g/mol. The average molecular weight is 314 g/mol. The lowest BCUT2D eigenvalue weighted by molar-refractivity contribution is -0.00485. The number of benzene rings is 1. The van der Waals surface area contributed by atoms with Crippen LogP contribution in [0.5, 0.6) is 11.5 Å². The van der Waals surface area contributed by atoms with Gasteiger partial charge in [-0.3, -0.25) is 0 Å². The molecule has 0 unspecified atom stereocenters. The van der Waals surface area contributed by atoms with E-state index in [-0.39, 0.29) is 5.92 Å². The van der Waals surface area contributed by atoms with E-state index in [1.807, 2.05) is 6.08 Å². The number of aliphatic hydroxyl groups excluding tert-OH is 1. The van der Waals surface area contributed by atoms with Gasteiger partial charge in [-0.1, -0.05) is 0 Å². The lowest BCUT2D eigenvalue weighted by Crippen LogP contribution is -2.14. The van der Waals surface area contributed by atoms with Crippen molar-refractivity contribution in [3.8, 4) is 11.5 Å². The second kappa shape index (κ2) is 4.29. The van der Waals surface area contributed by atoms with E-state index in [4.69, 9.17) is 18.6 Å². The van der Waals surface area contributed by atoms with Crippen LogP contribution in [-0.2, 0) is 11.2 Å². The van der Waals surface area contributed by atoms with Crippen LogP contribution >= 0.6 is 0 Å². The molecule has 0 spiro atoms. The van der Waals surface area contributed by atoms with Gasteiger partial charge in [-0.25, -0.2) is 4.79 Å². The summed E-state index contributed by atoms with van der Waals surface area (Å²) in [6.45, 7) is 0. The second-order valence-electron chi connectivity index (χ2n) is 6.01. The van der Waals surface area contributed by atoms with Crippen molar-refractivity contribution in [2.75, 3.05) is 7.11 Å². The van der Waals surface area contributed by atoms with Crippen LogP contribution in [0.15, 0.2) is 27.6 Å². The highest BCUT2D eigenvalue weighted by Crippen LogP contribution is 2.50. The summed E-state index contributed by atoms with van der Waals surface area (Å²) in [6, 6.07) is 1.80. The molecule has 0 saturated heterocycles. The maximum absolute atomic E-state index is 12.4. The predicted octanol–water partition coefficient (Wildman–Crippen LogP) is 2.13. The quantitative estimate of drug-likeness (QED) is 0.812. The number of hydrogen-bond donors (Lipinski definition) is 1. The molecule has 0 saturated carbocycles. The SMILES string of the molecule is COc1cc2c(c3oc(=O)c4c(c13)CC[C@@H]4O)[C@@H]1C=CO[C@@H]1O2. The van der Waals surface area contributed by atoms with Gasteiger partial charge in [0, 0.05) is 6.07 Å². The molecule has 0 radical (unpaired) electrons. The van der Waals surface area contributed by atoms with Gasteiger partial charge >= 0.3 is 5.63 Å². The van der Waals surface area contributed by atoms with Crippen LogP contribution < -0.4 is 15.1 Å². The van der Waals surface area contributed by atoms with Gasteiger partial charge in [0.15, 0.2) is 0 Å². The van der Waals surface area contributed by atoms with Gasteiger partial charge in [-0.2, -0.15) is 0 Å². The van der Waals surface area contributed by atoms with Gasteiger partial charge < -0.3 is 23.7 Å². The van der Waals surface area contributed by atoms with E-state index in [2.05, 4.69) is 0 Å². The first-order valence-electron chi connectivity index (χ1n) is 7.56. The Balaban J connectivity index is 1.92. The maximum Gasteiger partial charge on any atom is 0.342 e. The van der Waals surface area contributed by atoms with Crippen molar-refractivity contribution in [1.29, 1.82) is 0 Å². The van der Waals surface area contributed by atoms with Crippen molar-refractivity contribution >= 4 is 11.0 Å². The topological polar surface area (TPSA) is 78.1 Å². The van der Waals surface area contributed by atoms with Crippen LogP contribution in [0.4, 0.5) is 0 Å². The highest BCUT2D eigenvalue weighted by molar-refractivity contribution is 5.93. The Bertz CT molecular complexity index is 925. The fourth-order valence-electron chi connectivity index (χ4n) is 3.86. The summed E-state index contributed by atoms with van der Waals surface area (Å²) in [4.78, 5) is 12.4. The minimum absolute atomic E-state index is 0.106. The van der Waals surface area contributed by atoms with E-state index in [1.54, 1.807) is 19.4 Å². The molecule has 118 valence electrons. The van der Waals surface area contributed by atoms with Gasteiger partial charge in [-0.15, -0.1) is 0 Å². The van der Waals surface area contributed by atoms with Crippen molar-refractivity contribution in [3.63, 3.8) is 0 Å². The fourth-order valence-corrected chi connectivity index (χ4v) is 3.86. The van der Waals surface area contributed by atoms with Crippen molar-refractivity contribution in [2.24, 2.45) is 0 Å². The van der Waals surface area contributed by atoms with Crippen molar-refractivity contribution < 1.29 is 23.7 Å². The Kier molecular flexibility index (Phi) is 2.43. The molecule has 1 aromatic heterocycles. The summed E-state index contributed by atoms with van der Waals surface area (Å²) in [5.74, 6) is 1.08. The van der Waals surface area contributed by atoms with Crippen LogP contribution in [-0.4, -0.2) is 18.5 Å². The van der Waals surface area contributed by atoms with Crippen LogP contribution in [0.2, 0.25) is 0 Å². The van der Waals surface area contributed by atoms with Gasteiger partial charge in [0.05, 0.1) is 41.9 Å². The highest BCUT2D eigenvalue weighted by Gasteiger charge is 2.41. The van der Waals surface area contributed by atoms with E-state index < -0.39 is 18.0 Å². The molecule has 3 aliphatic rings. The van der Waals surface area contributed by atoms with Crippen molar-refractivity contribution in [3.05, 3.63) is 45.5 Å². The number of hydrogen-bond acceptors (Lipinski definition) is 6. The Morgan fingerprint density at radius 3 is 3.04 bits per heavy atom. The van der Waals surface area contributed by atoms with Gasteiger partial charge in [0.25, 0.3) is 6.29 Å². The van der Waals surface area contributed by atoms with E-state index in [1.165, 1.54) is 0 Å². The van der Waals surface area contributed by atoms with Crippen molar-refractivity contribution in [2.45, 2.75) is 31.2 Å². The molecule has 2 aliphatic heterocycles. The summed E-state index contributed by atoms with van der Waals surface area (Å²) in [5.41, 5.74) is 1.96. The third kappa shape index (κ3) is 1.53. The molecule has 2 aromatic rings. The standard InChI is InChI=1S/C17H14O6/c1-20-10-6-11-14(8-4-5-21-17(8)22-11)15-13(10)7-2-3-9(18)12(7)16(19)23-15/h4-6,8-9,17-18H,2-3H2,1H3/t8-,9-,17+/m0/s1. The number of ether oxygens (including phenoxy) is 3. The monoisotopic (exact) mass is 314 g/mol. The minimum atomic E-state index is -0.776. The van der Waals surface area contributed by atoms with Crippen LogP contribution in [0.1, 0.15) is 35.1 Å². The number of aryl methyl sites for hydroxylation is 1. The number of aliphatic hydroxyl groups is 1. The lowest BCUT2D eigenvalue weighted by Gasteiger charge is -2.13. The fraction of sp³-hybridized carbons (Fsp3) is 0.353. The molecular formula is C17H14O6. The third-order valence-electron chi connectivity index (χ3n) is 4.88. The first-order valence-corrected chi connectivity index (χ1v) is 7.56. The summed E-state index contributed by atoms with van der Waals surface area (Å²) in [7, 11) is 1.57. The largest absolute Gasteiger partial charge is 0.496 e. The summed E-state index contributed by atoms with van der Waals surface area (Å²) < 4.78 is 22.3. The molecule has 3 heterocycles. The van der Waals surface area contributed by atoms with E-state index in [9.17, 15) is 9.90 Å². The molecule has 23 heavy (non-hydrogen) atoms. The molecule has 6 heteroatoms. The van der Waals surface area contributed by atoms with E-state index in [0.29, 0.717) is 35.5 Å². The predicted molar refractivity (Wildman–Crippen MR) is 79.7 cm³/mol. The van der Waals surface area contributed by atoms with Gasteiger partial charge in [0.2, 0.25) is 0 Å². The smallest absolute Gasteiger partial charge is 0.342 e. The number of methoxy groups -OCH3 is 1. The van der Waals surface area contributed by atoms with Crippen molar-refractivity contribution in [1.82, 2.24) is 0 Å². The zero-order chi connectivity index (χ0) is 15.7. The summed E-state index contributed by atoms with van der Waals surface area (Å²) in [6.07, 6.45) is 3.43. The third-order valence-corrected chi connectivity index (χ3v) is 4.88. The first-order chi connectivity index (χ1) is 11.2. The Labute approximate surface area is 130 Å². The molecule has 6 nitrogen and oxygen atoms in total. The maximum atomic E-state index is 12.4. The zero-order valence-corrected chi connectivity index (χ0v) is 12.4. The molecule has 0 bridgehead atoms. The Morgan fingerprint density at radius 1 is 1.35 bits per heavy atom. The number of fused-ring (bicyclic) bond motifs is 7. The summed E-state index contributed by atoms with van der Waals surface area (Å²) >= 11 is 0. The molecule has 0 amide bonds. The van der Waals surface area contributed by atoms with Crippen LogP contribution in [0, 0.1) is 0 Å². The lowest BCUT2D eigenvalue weighted by atomic mass is 9.95. The molecule has 3 atom stereocenters. The summed E-state index contributed by atoms with van der Waals surface area (Å²) in [5, 5.41) is 10.8. The van der Waals surface area contributed by atoms with Crippen LogP contribution in [0.3, 0.4) is 0 Å². The minimum Gasteiger partial charge on any atom is -0.496 e. The number of rotatable bonds is 1. The normalized spacial score (nSPS) is 26.6. The highest BCUT2D eigenvalue weighted by atomic mass is 16.7. The molecule has 1 N–H and O–H groups in total. The average Bonchev–Trinajstić information content (AvgIpc) is 3.20. The van der Waals surface area contributed by atoms with Crippen LogP contribution in [0.25, 0.3) is 11.0 Å².